The lowest BCUT2D eigenvalue weighted by molar-refractivity contribution is 0.325. The van der Waals surface area contributed by atoms with Crippen molar-refractivity contribution in [3.8, 4) is 11.5 Å². The van der Waals surface area contributed by atoms with E-state index >= 15 is 0 Å². The van der Waals surface area contributed by atoms with Crippen LogP contribution < -0.4 is 10.1 Å². The number of benzene rings is 1. The number of nitrogens with one attached hydrogen (secondary N) is 1. The molecule has 1 unspecified atom stereocenters. The van der Waals surface area contributed by atoms with Gasteiger partial charge in [0.2, 0.25) is 0 Å². The zero-order chi connectivity index (χ0) is 13.8. The van der Waals surface area contributed by atoms with Gasteiger partial charge in [0.15, 0.2) is 5.75 Å². The van der Waals surface area contributed by atoms with Gasteiger partial charge >= 0.3 is 0 Å². The first-order chi connectivity index (χ1) is 9.79. The molecule has 1 aliphatic heterocycles. The van der Waals surface area contributed by atoms with Gasteiger partial charge in [0.05, 0.1) is 12.4 Å². The highest BCUT2D eigenvalue weighted by molar-refractivity contribution is 6.30. The minimum absolute atomic E-state index is 0.659. The zero-order valence-electron chi connectivity index (χ0n) is 11.3. The molecule has 0 saturated carbocycles. The quantitative estimate of drug-likeness (QED) is 0.939. The molecule has 106 valence electrons. The van der Waals surface area contributed by atoms with E-state index in [0.29, 0.717) is 10.9 Å². The Morgan fingerprint density at radius 1 is 1.30 bits per heavy atom. The van der Waals surface area contributed by atoms with E-state index in [9.17, 15) is 0 Å². The van der Waals surface area contributed by atoms with Crippen molar-refractivity contribution in [1.29, 1.82) is 0 Å². The standard InChI is InChI=1S/C15H18ClN3O/c16-13-3-5-14(6-4-13)20-15-9-18-19(11-15)10-12-2-1-7-17-8-12/h3-6,9,11-12,17H,1-2,7-8,10H2. The number of hydrogen-bond donors (Lipinski definition) is 1. The van der Waals surface area contributed by atoms with Crippen molar-refractivity contribution >= 4 is 11.6 Å². The fourth-order valence-corrected chi connectivity index (χ4v) is 2.61. The second kappa shape index (κ2) is 6.29. The molecule has 2 aromatic rings. The average molecular weight is 292 g/mol. The largest absolute Gasteiger partial charge is 0.454 e. The molecule has 1 saturated heterocycles. The van der Waals surface area contributed by atoms with Gasteiger partial charge in [0, 0.05) is 11.6 Å². The van der Waals surface area contributed by atoms with Crippen molar-refractivity contribution in [3.63, 3.8) is 0 Å². The molecular weight excluding hydrogens is 274 g/mol. The van der Waals surface area contributed by atoms with E-state index in [1.807, 2.05) is 35.1 Å². The van der Waals surface area contributed by atoms with Crippen LogP contribution in [0, 0.1) is 5.92 Å². The van der Waals surface area contributed by atoms with Crippen molar-refractivity contribution in [1.82, 2.24) is 15.1 Å². The van der Waals surface area contributed by atoms with Crippen molar-refractivity contribution < 1.29 is 4.74 Å². The molecule has 2 heterocycles. The Morgan fingerprint density at radius 2 is 2.15 bits per heavy atom. The molecule has 0 bridgehead atoms. The van der Waals surface area contributed by atoms with Crippen LogP contribution in [0.15, 0.2) is 36.7 Å². The summed E-state index contributed by atoms with van der Waals surface area (Å²) >= 11 is 5.85. The van der Waals surface area contributed by atoms with E-state index in [-0.39, 0.29) is 0 Å². The SMILES string of the molecule is Clc1ccc(Oc2cnn(CC3CCCNC3)c2)cc1. The summed E-state index contributed by atoms with van der Waals surface area (Å²) in [4.78, 5) is 0. The lowest BCUT2D eigenvalue weighted by Gasteiger charge is -2.22. The van der Waals surface area contributed by atoms with E-state index in [0.717, 1.165) is 31.1 Å². The Hall–Kier alpha value is -1.52. The third-order valence-corrected chi connectivity index (χ3v) is 3.76. The Labute approximate surface area is 123 Å². The van der Waals surface area contributed by atoms with Gasteiger partial charge in [0.1, 0.15) is 5.75 Å². The van der Waals surface area contributed by atoms with Crippen LogP contribution in [0.4, 0.5) is 0 Å². The molecule has 1 fully saturated rings. The van der Waals surface area contributed by atoms with Gasteiger partial charge in [0.25, 0.3) is 0 Å². The molecule has 20 heavy (non-hydrogen) atoms. The van der Waals surface area contributed by atoms with Crippen molar-refractivity contribution in [2.45, 2.75) is 19.4 Å². The van der Waals surface area contributed by atoms with Gasteiger partial charge in [-0.2, -0.15) is 5.10 Å². The monoisotopic (exact) mass is 291 g/mol. The lowest BCUT2D eigenvalue weighted by atomic mass is 10.00. The number of nitrogens with zero attached hydrogens (tertiary/aromatic N) is 2. The summed E-state index contributed by atoms with van der Waals surface area (Å²) in [6.07, 6.45) is 6.22. The number of halogens is 1. The number of rotatable bonds is 4. The van der Waals surface area contributed by atoms with Crippen molar-refractivity contribution in [2.75, 3.05) is 13.1 Å². The fraction of sp³-hybridized carbons (Fsp3) is 0.400. The van der Waals surface area contributed by atoms with Gasteiger partial charge in [-0.25, -0.2) is 0 Å². The first kappa shape index (κ1) is 13.5. The molecule has 0 radical (unpaired) electrons. The highest BCUT2D eigenvalue weighted by atomic mass is 35.5. The lowest BCUT2D eigenvalue weighted by Crippen LogP contribution is -2.32. The number of ether oxygens (including phenoxy) is 1. The molecule has 0 aliphatic carbocycles. The summed E-state index contributed by atoms with van der Waals surface area (Å²) in [5.41, 5.74) is 0. The molecule has 1 atom stereocenters. The predicted molar refractivity (Wildman–Crippen MR) is 79.3 cm³/mol. The number of piperidine rings is 1. The van der Waals surface area contributed by atoms with E-state index in [1.165, 1.54) is 12.8 Å². The molecular formula is C15H18ClN3O. The highest BCUT2D eigenvalue weighted by Crippen LogP contribution is 2.23. The second-order valence-electron chi connectivity index (χ2n) is 5.17. The molecule has 0 amide bonds. The minimum Gasteiger partial charge on any atom is -0.454 e. The molecule has 0 spiro atoms. The van der Waals surface area contributed by atoms with Crippen LogP contribution in [0.5, 0.6) is 11.5 Å². The number of aromatic nitrogens is 2. The Kier molecular flexibility index (Phi) is 4.23. The van der Waals surface area contributed by atoms with Gasteiger partial charge in [-0.05, 0) is 56.1 Å². The van der Waals surface area contributed by atoms with Gasteiger partial charge in [-0.1, -0.05) is 11.6 Å². The topological polar surface area (TPSA) is 39.1 Å². The molecule has 1 aliphatic rings. The molecule has 1 aromatic heterocycles. The maximum absolute atomic E-state index is 5.85. The summed E-state index contributed by atoms with van der Waals surface area (Å²) in [6.45, 7) is 3.16. The van der Waals surface area contributed by atoms with Crippen LogP contribution in [0.3, 0.4) is 0 Å². The summed E-state index contributed by atoms with van der Waals surface area (Å²) < 4.78 is 7.71. The van der Waals surface area contributed by atoms with Crippen LogP contribution in [0.25, 0.3) is 0 Å². The molecule has 3 rings (SSSR count). The van der Waals surface area contributed by atoms with E-state index in [2.05, 4.69) is 10.4 Å². The van der Waals surface area contributed by atoms with E-state index in [4.69, 9.17) is 16.3 Å². The average Bonchev–Trinajstić information content (AvgIpc) is 2.90. The summed E-state index contributed by atoms with van der Waals surface area (Å²) in [5.74, 6) is 2.19. The summed E-state index contributed by atoms with van der Waals surface area (Å²) in [5, 5.41) is 8.49. The maximum atomic E-state index is 5.85. The maximum Gasteiger partial charge on any atom is 0.165 e. The van der Waals surface area contributed by atoms with Crippen LogP contribution in [-0.2, 0) is 6.54 Å². The molecule has 5 heteroatoms. The Bertz CT molecular complexity index is 547. The Morgan fingerprint density at radius 3 is 2.90 bits per heavy atom. The van der Waals surface area contributed by atoms with Gasteiger partial charge in [-0.15, -0.1) is 0 Å². The third-order valence-electron chi connectivity index (χ3n) is 3.50. The second-order valence-corrected chi connectivity index (χ2v) is 5.60. The zero-order valence-corrected chi connectivity index (χ0v) is 12.0. The minimum atomic E-state index is 0.659. The van der Waals surface area contributed by atoms with Crippen LogP contribution in [0.1, 0.15) is 12.8 Å². The first-order valence-corrected chi connectivity index (χ1v) is 7.34. The van der Waals surface area contributed by atoms with Crippen molar-refractivity contribution in [3.05, 3.63) is 41.7 Å². The van der Waals surface area contributed by atoms with Crippen LogP contribution in [-0.4, -0.2) is 22.9 Å². The molecule has 4 nitrogen and oxygen atoms in total. The smallest absolute Gasteiger partial charge is 0.165 e. The highest BCUT2D eigenvalue weighted by Gasteiger charge is 2.14. The summed E-state index contributed by atoms with van der Waals surface area (Å²) in [6, 6.07) is 7.33. The van der Waals surface area contributed by atoms with E-state index < -0.39 is 0 Å². The number of hydrogen-bond acceptors (Lipinski definition) is 3. The normalized spacial score (nSPS) is 18.9. The van der Waals surface area contributed by atoms with Gasteiger partial charge in [-0.3, -0.25) is 4.68 Å². The Balaban J connectivity index is 1.60. The van der Waals surface area contributed by atoms with E-state index in [1.54, 1.807) is 6.20 Å². The fourth-order valence-electron chi connectivity index (χ4n) is 2.48. The van der Waals surface area contributed by atoms with Gasteiger partial charge < -0.3 is 10.1 Å². The summed E-state index contributed by atoms with van der Waals surface area (Å²) in [7, 11) is 0. The molecule has 1 N–H and O–H groups in total. The van der Waals surface area contributed by atoms with Crippen LogP contribution >= 0.6 is 11.6 Å². The molecule has 1 aromatic carbocycles. The first-order valence-electron chi connectivity index (χ1n) is 6.96. The third kappa shape index (κ3) is 3.52. The van der Waals surface area contributed by atoms with Crippen LogP contribution in [0.2, 0.25) is 5.02 Å². The predicted octanol–water partition coefficient (Wildman–Crippen LogP) is 3.33. The van der Waals surface area contributed by atoms with Crippen molar-refractivity contribution in [2.24, 2.45) is 5.92 Å².